The van der Waals surface area contributed by atoms with Gasteiger partial charge in [0.1, 0.15) is 25.0 Å². The SMILES string of the molecule is CSCC[C@H](N)C(=O)OC[C@H]1O[C@@H](n2cc(F)c(=O)[nH]c2=O)C[C@@H]1OCc1ccc(Cl)cc1. The van der Waals surface area contributed by atoms with Crippen LogP contribution in [0.15, 0.2) is 40.1 Å². The van der Waals surface area contributed by atoms with E-state index in [0.29, 0.717) is 17.2 Å². The molecule has 4 atom stereocenters. The van der Waals surface area contributed by atoms with Gasteiger partial charge in [-0.05, 0) is 36.1 Å². The second-order valence-electron chi connectivity index (χ2n) is 7.50. The average Bonchev–Trinajstić information content (AvgIpc) is 3.20. The fourth-order valence-corrected chi connectivity index (χ4v) is 3.90. The van der Waals surface area contributed by atoms with E-state index in [9.17, 15) is 18.8 Å². The Morgan fingerprint density at radius 1 is 1.39 bits per heavy atom. The van der Waals surface area contributed by atoms with Gasteiger partial charge in [-0.1, -0.05) is 23.7 Å². The van der Waals surface area contributed by atoms with Crippen molar-refractivity contribution in [3.8, 4) is 0 Å². The van der Waals surface area contributed by atoms with Crippen molar-refractivity contribution in [1.29, 1.82) is 0 Å². The smallest absolute Gasteiger partial charge is 0.330 e. The second kappa shape index (κ2) is 11.8. The number of aromatic nitrogens is 2. The highest BCUT2D eigenvalue weighted by molar-refractivity contribution is 7.98. The van der Waals surface area contributed by atoms with Gasteiger partial charge >= 0.3 is 11.7 Å². The first-order valence-corrected chi connectivity index (χ1v) is 12.0. The number of carbonyl (C=O) groups is 1. The number of esters is 1. The molecule has 1 aliphatic heterocycles. The Labute approximate surface area is 198 Å². The Morgan fingerprint density at radius 3 is 2.82 bits per heavy atom. The molecule has 1 saturated heterocycles. The van der Waals surface area contributed by atoms with Crippen LogP contribution in [0.4, 0.5) is 4.39 Å². The number of carbonyl (C=O) groups excluding carboxylic acids is 1. The largest absolute Gasteiger partial charge is 0.462 e. The molecule has 180 valence electrons. The minimum absolute atomic E-state index is 0.159. The molecule has 1 aromatic carbocycles. The predicted octanol–water partition coefficient (Wildman–Crippen LogP) is 1.83. The van der Waals surface area contributed by atoms with Gasteiger partial charge in [0.05, 0.1) is 18.9 Å². The van der Waals surface area contributed by atoms with E-state index in [2.05, 4.69) is 0 Å². The molecule has 3 N–H and O–H groups in total. The Morgan fingerprint density at radius 2 is 2.12 bits per heavy atom. The molecule has 2 heterocycles. The van der Waals surface area contributed by atoms with E-state index in [1.54, 1.807) is 36.0 Å². The van der Waals surface area contributed by atoms with Crippen molar-refractivity contribution >= 4 is 29.3 Å². The number of halogens is 2. The van der Waals surface area contributed by atoms with Gasteiger partial charge in [0.2, 0.25) is 5.82 Å². The molecule has 3 rings (SSSR count). The molecule has 0 unspecified atom stereocenters. The third-order valence-corrected chi connectivity index (χ3v) is 6.01. The van der Waals surface area contributed by atoms with Crippen LogP contribution in [0, 0.1) is 5.82 Å². The van der Waals surface area contributed by atoms with Gasteiger partial charge in [-0.15, -0.1) is 0 Å². The van der Waals surface area contributed by atoms with E-state index in [4.69, 9.17) is 31.5 Å². The zero-order chi connectivity index (χ0) is 24.0. The van der Waals surface area contributed by atoms with Crippen molar-refractivity contribution in [2.24, 2.45) is 5.73 Å². The number of nitrogens with two attached hydrogens (primary N) is 1. The highest BCUT2D eigenvalue weighted by atomic mass is 35.5. The van der Waals surface area contributed by atoms with Crippen LogP contribution in [0.5, 0.6) is 0 Å². The van der Waals surface area contributed by atoms with E-state index >= 15 is 0 Å². The van der Waals surface area contributed by atoms with Crippen LogP contribution in [-0.2, 0) is 25.6 Å². The Kier molecular flexibility index (Phi) is 9.10. The van der Waals surface area contributed by atoms with Crippen LogP contribution < -0.4 is 17.0 Å². The Balaban J connectivity index is 1.71. The molecule has 12 heteroatoms. The summed E-state index contributed by atoms with van der Waals surface area (Å²) in [5.41, 5.74) is 4.76. The molecule has 2 aromatic rings. The van der Waals surface area contributed by atoms with Crippen LogP contribution in [0.1, 0.15) is 24.6 Å². The van der Waals surface area contributed by atoms with Gasteiger partial charge in [-0.2, -0.15) is 16.2 Å². The number of aromatic amines is 1. The molecular formula is C21H25ClFN3O6S. The molecule has 33 heavy (non-hydrogen) atoms. The topological polar surface area (TPSA) is 126 Å². The summed E-state index contributed by atoms with van der Waals surface area (Å²) in [5, 5.41) is 0.588. The monoisotopic (exact) mass is 501 g/mol. The van der Waals surface area contributed by atoms with E-state index < -0.39 is 47.5 Å². The Bertz CT molecular complexity index is 1060. The lowest BCUT2D eigenvalue weighted by Gasteiger charge is -2.20. The minimum Gasteiger partial charge on any atom is -0.462 e. The molecule has 0 spiro atoms. The molecule has 0 aliphatic carbocycles. The highest BCUT2D eigenvalue weighted by Gasteiger charge is 2.39. The van der Waals surface area contributed by atoms with Crippen LogP contribution >= 0.6 is 23.4 Å². The number of hydrogen-bond acceptors (Lipinski definition) is 8. The summed E-state index contributed by atoms with van der Waals surface area (Å²) in [7, 11) is 0. The molecule has 0 amide bonds. The van der Waals surface area contributed by atoms with Gasteiger partial charge < -0.3 is 19.9 Å². The molecule has 0 radical (unpaired) electrons. The number of hydrogen-bond donors (Lipinski definition) is 2. The maximum Gasteiger partial charge on any atom is 0.330 e. The number of rotatable bonds is 10. The zero-order valence-corrected chi connectivity index (χ0v) is 19.4. The molecular weight excluding hydrogens is 477 g/mol. The van der Waals surface area contributed by atoms with Crippen molar-refractivity contribution in [2.45, 2.75) is 43.9 Å². The lowest BCUT2D eigenvalue weighted by molar-refractivity contribution is -0.153. The zero-order valence-electron chi connectivity index (χ0n) is 17.9. The number of nitrogens with one attached hydrogen (secondary N) is 1. The number of H-pyrrole nitrogens is 1. The van der Waals surface area contributed by atoms with Gasteiger partial charge in [0.15, 0.2) is 0 Å². The van der Waals surface area contributed by atoms with Gasteiger partial charge in [0, 0.05) is 11.4 Å². The summed E-state index contributed by atoms with van der Waals surface area (Å²) in [6.07, 6.45) is 1.09. The standard InChI is InChI=1S/C21H25ClFN3O6S/c1-33-7-6-15(24)20(28)31-11-17-16(30-10-12-2-4-13(22)5-3-12)8-18(32-17)26-9-14(23)19(27)25-21(26)29/h2-5,9,15-18H,6-8,10-11,24H2,1H3,(H,25,27,29)/t15-,16-,17+,18+/m0/s1. The number of ether oxygens (including phenoxy) is 3. The van der Waals surface area contributed by atoms with E-state index in [1.165, 1.54) is 0 Å². The van der Waals surface area contributed by atoms with Crippen LogP contribution in [-0.4, -0.2) is 52.4 Å². The number of benzene rings is 1. The highest BCUT2D eigenvalue weighted by Crippen LogP contribution is 2.31. The van der Waals surface area contributed by atoms with Crippen LogP contribution in [0.25, 0.3) is 0 Å². The molecule has 1 fully saturated rings. The quantitative estimate of drug-likeness (QED) is 0.472. The molecule has 1 aliphatic rings. The van der Waals surface area contributed by atoms with Crippen molar-refractivity contribution in [2.75, 3.05) is 18.6 Å². The second-order valence-corrected chi connectivity index (χ2v) is 8.92. The van der Waals surface area contributed by atoms with Crippen molar-refractivity contribution in [1.82, 2.24) is 9.55 Å². The summed E-state index contributed by atoms with van der Waals surface area (Å²) in [6, 6.07) is 6.30. The van der Waals surface area contributed by atoms with Crippen molar-refractivity contribution in [3.05, 3.63) is 67.7 Å². The molecule has 0 bridgehead atoms. The lowest BCUT2D eigenvalue weighted by Crippen LogP contribution is -2.37. The average molecular weight is 502 g/mol. The van der Waals surface area contributed by atoms with E-state index in [0.717, 1.165) is 16.3 Å². The lowest BCUT2D eigenvalue weighted by atomic mass is 10.1. The summed E-state index contributed by atoms with van der Waals surface area (Å²) in [4.78, 5) is 37.6. The summed E-state index contributed by atoms with van der Waals surface area (Å²) >= 11 is 7.48. The third kappa shape index (κ3) is 6.90. The maximum atomic E-state index is 13.8. The fourth-order valence-electron chi connectivity index (χ4n) is 3.29. The first-order valence-electron chi connectivity index (χ1n) is 10.2. The fraction of sp³-hybridized carbons (Fsp3) is 0.476. The van der Waals surface area contributed by atoms with E-state index in [1.807, 2.05) is 11.2 Å². The molecule has 0 saturated carbocycles. The first-order chi connectivity index (χ1) is 15.8. The van der Waals surface area contributed by atoms with Gasteiger partial charge in [-0.3, -0.25) is 19.1 Å². The van der Waals surface area contributed by atoms with Crippen molar-refractivity contribution < 1.29 is 23.4 Å². The van der Waals surface area contributed by atoms with Crippen molar-refractivity contribution in [3.63, 3.8) is 0 Å². The minimum atomic E-state index is -1.12. The summed E-state index contributed by atoms with van der Waals surface area (Å²) < 4.78 is 31.9. The number of nitrogens with zero attached hydrogens (tertiary/aromatic N) is 1. The van der Waals surface area contributed by atoms with Crippen LogP contribution in [0.2, 0.25) is 5.02 Å². The van der Waals surface area contributed by atoms with Crippen LogP contribution in [0.3, 0.4) is 0 Å². The summed E-state index contributed by atoms with van der Waals surface area (Å²) in [5.74, 6) is -0.975. The van der Waals surface area contributed by atoms with E-state index in [-0.39, 0.29) is 19.6 Å². The normalized spacial score (nSPS) is 21.2. The molecule has 9 nitrogen and oxygen atoms in total. The number of thioether (sulfide) groups is 1. The maximum absolute atomic E-state index is 13.8. The predicted molar refractivity (Wildman–Crippen MR) is 122 cm³/mol. The molecule has 1 aromatic heterocycles. The summed E-state index contributed by atoms with van der Waals surface area (Å²) in [6.45, 7) is 0.0542. The van der Waals surface area contributed by atoms with Gasteiger partial charge in [0.25, 0.3) is 5.56 Å². The third-order valence-electron chi connectivity index (χ3n) is 5.12. The van der Waals surface area contributed by atoms with Gasteiger partial charge in [-0.25, -0.2) is 4.79 Å². The Hall–Kier alpha value is -2.18. The first kappa shape index (κ1) is 25.4.